The molecule has 2 aromatic rings. The Labute approximate surface area is 140 Å². The molecule has 25 heavy (non-hydrogen) atoms. The van der Waals surface area contributed by atoms with Gasteiger partial charge in [-0.3, -0.25) is 0 Å². The van der Waals surface area contributed by atoms with E-state index < -0.39 is 23.5 Å². The minimum absolute atomic E-state index is 0.0339. The summed E-state index contributed by atoms with van der Waals surface area (Å²) in [5.74, 6) is -0.0339. The zero-order valence-electron chi connectivity index (χ0n) is 13.3. The number of halogens is 6. The maximum atomic E-state index is 13.0. The molecule has 1 nitrogen and oxygen atoms in total. The normalized spacial score (nSPS) is 12.3. The zero-order chi connectivity index (χ0) is 19.0. The van der Waals surface area contributed by atoms with E-state index in [-0.39, 0.29) is 28.8 Å². The highest BCUT2D eigenvalue weighted by Crippen LogP contribution is 2.39. The largest absolute Gasteiger partial charge is 0.416 e. The molecule has 132 valence electrons. The number of alkyl halides is 6. The third kappa shape index (κ3) is 4.32. The molecule has 0 unspecified atom stereocenters. The average Bonchev–Trinajstić information content (AvgIpc) is 2.52. The Morgan fingerprint density at radius 1 is 0.760 bits per heavy atom. The summed E-state index contributed by atoms with van der Waals surface area (Å²) in [5, 5.41) is 0. The van der Waals surface area contributed by atoms with Gasteiger partial charge < -0.3 is 0 Å². The van der Waals surface area contributed by atoms with Crippen molar-refractivity contribution in [1.82, 2.24) is 0 Å². The van der Waals surface area contributed by atoms with Gasteiger partial charge in [-0.1, -0.05) is 31.5 Å². The van der Waals surface area contributed by atoms with Gasteiger partial charge in [-0.2, -0.15) is 26.3 Å². The number of benzene rings is 2. The van der Waals surface area contributed by atoms with Gasteiger partial charge in [-0.25, -0.2) is 4.85 Å². The predicted molar refractivity (Wildman–Crippen MR) is 82.2 cm³/mol. The fraction of sp³-hybridized carbons (Fsp3) is 0.278. The van der Waals surface area contributed by atoms with Crippen molar-refractivity contribution in [3.63, 3.8) is 0 Å². The van der Waals surface area contributed by atoms with Gasteiger partial charge in [0.05, 0.1) is 17.7 Å². The summed E-state index contributed by atoms with van der Waals surface area (Å²) in [6, 6.07) is 5.79. The van der Waals surface area contributed by atoms with Crippen LogP contribution in [0.4, 0.5) is 32.0 Å². The van der Waals surface area contributed by atoms with Crippen molar-refractivity contribution >= 4 is 5.69 Å². The lowest BCUT2D eigenvalue weighted by Crippen LogP contribution is -2.11. The molecule has 0 aliphatic rings. The maximum absolute atomic E-state index is 13.0. The van der Waals surface area contributed by atoms with Crippen LogP contribution in [0.25, 0.3) is 16.0 Å². The highest BCUT2D eigenvalue weighted by Gasteiger charge is 2.37. The molecule has 0 aliphatic carbocycles. The summed E-state index contributed by atoms with van der Waals surface area (Å²) in [6.45, 7) is 10.7. The smallest absolute Gasteiger partial charge is 0.238 e. The molecular weight excluding hydrogens is 344 g/mol. The molecule has 2 aromatic carbocycles. The monoisotopic (exact) mass is 357 g/mol. The number of hydrogen-bond acceptors (Lipinski definition) is 0. The van der Waals surface area contributed by atoms with Crippen molar-refractivity contribution in [3.05, 3.63) is 64.5 Å². The van der Waals surface area contributed by atoms with Gasteiger partial charge in [0.2, 0.25) is 0 Å². The molecule has 2 rings (SSSR count). The van der Waals surface area contributed by atoms with E-state index >= 15 is 0 Å². The topological polar surface area (TPSA) is 4.36 Å². The Hall–Kier alpha value is -2.49. The van der Waals surface area contributed by atoms with Crippen LogP contribution in [0.15, 0.2) is 36.4 Å². The maximum Gasteiger partial charge on any atom is 0.416 e. The Bertz CT molecular complexity index is 793. The Morgan fingerprint density at radius 3 is 1.64 bits per heavy atom. The van der Waals surface area contributed by atoms with Crippen molar-refractivity contribution < 1.29 is 26.3 Å². The summed E-state index contributed by atoms with van der Waals surface area (Å²) >= 11 is 0. The molecule has 0 atom stereocenters. The Morgan fingerprint density at radius 2 is 1.24 bits per heavy atom. The van der Waals surface area contributed by atoms with Crippen LogP contribution in [-0.4, -0.2) is 0 Å². The Kier molecular flexibility index (Phi) is 4.85. The highest BCUT2D eigenvalue weighted by atomic mass is 19.4. The van der Waals surface area contributed by atoms with Crippen molar-refractivity contribution in [2.75, 3.05) is 0 Å². The van der Waals surface area contributed by atoms with Crippen LogP contribution in [0, 0.1) is 6.57 Å². The van der Waals surface area contributed by atoms with Gasteiger partial charge >= 0.3 is 12.4 Å². The molecule has 0 radical (unpaired) electrons. The van der Waals surface area contributed by atoms with E-state index in [0.717, 1.165) is 0 Å². The number of rotatable bonds is 2. The summed E-state index contributed by atoms with van der Waals surface area (Å²) in [6.07, 6.45) is -9.82. The molecule has 0 N–H and O–H groups in total. The van der Waals surface area contributed by atoms with E-state index in [4.69, 9.17) is 6.57 Å². The van der Waals surface area contributed by atoms with Gasteiger partial charge in [0.1, 0.15) is 0 Å². The van der Waals surface area contributed by atoms with Crippen LogP contribution < -0.4 is 0 Å². The molecule has 0 bridgehead atoms. The van der Waals surface area contributed by atoms with E-state index in [9.17, 15) is 26.3 Å². The van der Waals surface area contributed by atoms with Crippen LogP contribution >= 0.6 is 0 Å². The predicted octanol–water partition coefficient (Wildman–Crippen LogP) is 7.07. The molecule has 0 amide bonds. The molecule has 0 spiro atoms. The molecule has 0 saturated heterocycles. The lowest BCUT2D eigenvalue weighted by molar-refractivity contribution is -0.143. The summed E-state index contributed by atoms with van der Waals surface area (Å²) in [5.41, 5.74) is -2.02. The lowest BCUT2D eigenvalue weighted by atomic mass is 9.94. The molecule has 0 aromatic heterocycles. The average molecular weight is 357 g/mol. The van der Waals surface area contributed by atoms with Crippen molar-refractivity contribution in [3.8, 4) is 11.1 Å². The molecule has 0 heterocycles. The number of hydrogen-bond donors (Lipinski definition) is 0. The molecule has 0 fully saturated rings. The lowest BCUT2D eigenvalue weighted by Gasteiger charge is -2.16. The second-order valence-electron chi connectivity index (χ2n) is 5.87. The third-order valence-corrected chi connectivity index (χ3v) is 3.66. The van der Waals surface area contributed by atoms with E-state index in [0.29, 0.717) is 17.7 Å². The van der Waals surface area contributed by atoms with Gasteiger partial charge in [0, 0.05) is 0 Å². The van der Waals surface area contributed by atoms with Crippen molar-refractivity contribution in [2.24, 2.45) is 0 Å². The minimum atomic E-state index is -4.91. The van der Waals surface area contributed by atoms with Crippen molar-refractivity contribution in [1.29, 1.82) is 0 Å². The molecule has 7 heteroatoms. The Balaban J connectivity index is 2.74. The first-order chi connectivity index (χ1) is 11.4. The zero-order valence-corrected chi connectivity index (χ0v) is 13.3. The number of nitrogens with zero attached hydrogens (tertiary/aromatic N) is 1. The summed E-state index contributed by atoms with van der Waals surface area (Å²) < 4.78 is 77.9. The van der Waals surface area contributed by atoms with E-state index in [2.05, 4.69) is 4.85 Å². The van der Waals surface area contributed by atoms with Gasteiger partial charge in [0.15, 0.2) is 5.69 Å². The fourth-order valence-corrected chi connectivity index (χ4v) is 2.32. The van der Waals surface area contributed by atoms with E-state index in [1.165, 1.54) is 12.1 Å². The first-order valence-corrected chi connectivity index (χ1v) is 7.24. The fourth-order valence-electron chi connectivity index (χ4n) is 2.32. The first kappa shape index (κ1) is 18.8. The van der Waals surface area contributed by atoms with E-state index in [1.807, 2.05) is 13.8 Å². The minimum Gasteiger partial charge on any atom is -0.238 e. The van der Waals surface area contributed by atoms with Gasteiger partial charge in [0.25, 0.3) is 0 Å². The quantitative estimate of drug-likeness (QED) is 0.400. The summed E-state index contributed by atoms with van der Waals surface area (Å²) in [7, 11) is 0. The van der Waals surface area contributed by atoms with Gasteiger partial charge in [-0.15, -0.1) is 0 Å². The van der Waals surface area contributed by atoms with E-state index in [1.54, 1.807) is 6.07 Å². The van der Waals surface area contributed by atoms with Crippen molar-refractivity contribution in [2.45, 2.75) is 32.1 Å². The molecular formula is C18H13F6N. The summed E-state index contributed by atoms with van der Waals surface area (Å²) in [4.78, 5) is 3.25. The van der Waals surface area contributed by atoms with Gasteiger partial charge in [-0.05, 0) is 41.3 Å². The SMILES string of the molecule is [C-]#[N+]c1cc(-c2cc(C(F)(F)F)cc(C(F)(F)F)c2)cc(C(C)C)c1. The van der Waals surface area contributed by atoms with Crippen LogP contribution in [0.5, 0.6) is 0 Å². The molecule has 0 saturated carbocycles. The standard InChI is InChI=1S/C18H13F6N/c1-10(2)11-4-12(8-16(7-11)25-3)13-5-14(17(19,20)21)9-15(6-13)18(22,23)24/h4-10H,1-2H3. The van der Waals surface area contributed by atoms with Crippen LogP contribution in [-0.2, 0) is 12.4 Å². The second kappa shape index (κ2) is 6.43. The third-order valence-electron chi connectivity index (χ3n) is 3.66. The van der Waals surface area contributed by atoms with Crippen LogP contribution in [0.2, 0.25) is 0 Å². The first-order valence-electron chi connectivity index (χ1n) is 7.24. The second-order valence-corrected chi connectivity index (χ2v) is 5.87. The van der Waals surface area contributed by atoms with Crippen LogP contribution in [0.1, 0.15) is 36.5 Å². The van der Waals surface area contributed by atoms with Crippen LogP contribution in [0.3, 0.4) is 0 Å². The molecule has 0 aliphatic heterocycles. The highest BCUT2D eigenvalue weighted by molar-refractivity contribution is 5.71.